The Kier molecular flexibility index (Phi) is 4.72. The molecule has 3 aromatic rings. The van der Waals surface area contributed by atoms with E-state index < -0.39 is 4.92 Å². The number of fused-ring (bicyclic) bond motifs is 1. The molecular formula is C16H12N6O3S. The van der Waals surface area contributed by atoms with Gasteiger partial charge in [-0.2, -0.15) is 5.26 Å². The molecule has 2 N–H and O–H groups in total. The molecule has 130 valence electrons. The Bertz CT molecular complexity index is 1160. The zero-order chi connectivity index (χ0) is 18.7. The van der Waals surface area contributed by atoms with Crippen molar-refractivity contribution in [2.45, 2.75) is 6.54 Å². The molecule has 0 bridgehead atoms. The predicted octanol–water partition coefficient (Wildman–Crippen LogP) is 2.35. The van der Waals surface area contributed by atoms with Crippen molar-refractivity contribution in [1.29, 1.82) is 5.26 Å². The third kappa shape index (κ3) is 3.28. The Morgan fingerprint density at radius 3 is 2.96 bits per heavy atom. The maximum atomic E-state index is 12.5. The van der Waals surface area contributed by atoms with Gasteiger partial charge in [0, 0.05) is 31.4 Å². The first kappa shape index (κ1) is 17.2. The van der Waals surface area contributed by atoms with Crippen LogP contribution >= 0.6 is 12.2 Å². The zero-order valence-corrected chi connectivity index (χ0v) is 14.1. The molecule has 0 saturated heterocycles. The van der Waals surface area contributed by atoms with Crippen molar-refractivity contribution < 1.29 is 4.92 Å². The minimum absolute atomic E-state index is 0.152. The van der Waals surface area contributed by atoms with E-state index in [-0.39, 0.29) is 28.1 Å². The molecule has 2 heterocycles. The number of aromatic nitrogens is 3. The van der Waals surface area contributed by atoms with Gasteiger partial charge in [-0.25, -0.2) is 4.98 Å². The number of rotatable bonds is 5. The van der Waals surface area contributed by atoms with Crippen molar-refractivity contribution in [3.63, 3.8) is 0 Å². The zero-order valence-electron chi connectivity index (χ0n) is 13.3. The number of nitriles is 1. The SMILES string of the molecule is N#Cc1cc([N+](=O)[O-])ccc1NCCn1c(=S)[nH]c2ncccc2c1=O. The van der Waals surface area contributed by atoms with Gasteiger partial charge in [0.05, 0.1) is 21.6 Å². The lowest BCUT2D eigenvalue weighted by Crippen LogP contribution is -2.25. The average Bonchev–Trinajstić information content (AvgIpc) is 2.64. The topological polar surface area (TPSA) is 130 Å². The lowest BCUT2D eigenvalue weighted by Gasteiger charge is -2.10. The number of aromatic amines is 1. The average molecular weight is 368 g/mol. The molecule has 0 saturated carbocycles. The number of hydrogen-bond donors (Lipinski definition) is 2. The summed E-state index contributed by atoms with van der Waals surface area (Å²) < 4.78 is 1.64. The van der Waals surface area contributed by atoms with Crippen LogP contribution in [0.2, 0.25) is 0 Å². The summed E-state index contributed by atoms with van der Waals surface area (Å²) in [6.45, 7) is 0.552. The van der Waals surface area contributed by atoms with Crippen molar-refractivity contribution in [1.82, 2.24) is 14.5 Å². The normalized spacial score (nSPS) is 10.4. The molecule has 0 aliphatic heterocycles. The van der Waals surface area contributed by atoms with Gasteiger partial charge in [-0.1, -0.05) is 0 Å². The maximum absolute atomic E-state index is 12.5. The molecule has 3 rings (SSSR count). The third-order valence-electron chi connectivity index (χ3n) is 3.74. The van der Waals surface area contributed by atoms with Crippen LogP contribution in [0.4, 0.5) is 11.4 Å². The number of benzene rings is 1. The summed E-state index contributed by atoms with van der Waals surface area (Å²) in [5.74, 6) is 0. The molecule has 0 amide bonds. The lowest BCUT2D eigenvalue weighted by atomic mass is 10.1. The largest absolute Gasteiger partial charge is 0.382 e. The van der Waals surface area contributed by atoms with Gasteiger partial charge >= 0.3 is 0 Å². The third-order valence-corrected chi connectivity index (χ3v) is 4.06. The van der Waals surface area contributed by atoms with Gasteiger partial charge in [0.1, 0.15) is 11.7 Å². The fourth-order valence-electron chi connectivity index (χ4n) is 2.48. The molecule has 0 fully saturated rings. The Hall–Kier alpha value is -3.58. The summed E-state index contributed by atoms with van der Waals surface area (Å²) in [6.07, 6.45) is 1.57. The fourth-order valence-corrected chi connectivity index (χ4v) is 2.75. The summed E-state index contributed by atoms with van der Waals surface area (Å²) >= 11 is 5.20. The second-order valence-corrected chi connectivity index (χ2v) is 5.70. The van der Waals surface area contributed by atoms with E-state index in [9.17, 15) is 14.9 Å². The van der Waals surface area contributed by atoms with E-state index >= 15 is 0 Å². The van der Waals surface area contributed by atoms with E-state index in [2.05, 4.69) is 15.3 Å². The minimum Gasteiger partial charge on any atom is -0.382 e. The number of pyridine rings is 1. The first-order valence-corrected chi connectivity index (χ1v) is 7.92. The smallest absolute Gasteiger partial charge is 0.270 e. The van der Waals surface area contributed by atoms with Crippen LogP contribution < -0.4 is 10.9 Å². The van der Waals surface area contributed by atoms with Crippen LogP contribution in [0.1, 0.15) is 5.56 Å². The summed E-state index contributed by atoms with van der Waals surface area (Å²) in [6, 6.07) is 9.21. The number of hydrogen-bond acceptors (Lipinski definition) is 7. The Labute approximate surface area is 151 Å². The monoisotopic (exact) mass is 368 g/mol. The van der Waals surface area contributed by atoms with Gasteiger partial charge < -0.3 is 10.3 Å². The van der Waals surface area contributed by atoms with Crippen molar-refractivity contribution in [2.75, 3.05) is 11.9 Å². The summed E-state index contributed by atoms with van der Waals surface area (Å²) in [5.41, 5.74) is 0.604. The van der Waals surface area contributed by atoms with Crippen LogP contribution in [-0.4, -0.2) is 26.0 Å². The minimum atomic E-state index is -0.563. The molecule has 0 atom stereocenters. The second kappa shape index (κ2) is 7.12. The number of nitrogens with one attached hydrogen (secondary N) is 2. The predicted molar refractivity (Wildman–Crippen MR) is 97.5 cm³/mol. The number of nitrogens with zero attached hydrogens (tertiary/aromatic N) is 4. The van der Waals surface area contributed by atoms with Crippen LogP contribution in [0.3, 0.4) is 0 Å². The maximum Gasteiger partial charge on any atom is 0.270 e. The standard InChI is InChI=1S/C16H12N6O3S/c17-9-10-8-11(22(24)25)3-4-13(10)18-6-7-21-15(23)12-2-1-5-19-14(12)20-16(21)26/h1-5,8,18H,6-7H2,(H,19,20,26). The Morgan fingerprint density at radius 2 is 2.23 bits per heavy atom. The van der Waals surface area contributed by atoms with Gasteiger partial charge in [-0.3, -0.25) is 19.5 Å². The lowest BCUT2D eigenvalue weighted by molar-refractivity contribution is -0.384. The number of nitro groups is 1. The second-order valence-electron chi connectivity index (χ2n) is 5.31. The summed E-state index contributed by atoms with van der Waals surface area (Å²) in [7, 11) is 0. The number of nitro benzene ring substituents is 1. The Morgan fingerprint density at radius 1 is 1.42 bits per heavy atom. The van der Waals surface area contributed by atoms with Gasteiger partial charge in [0.15, 0.2) is 4.77 Å². The molecule has 9 nitrogen and oxygen atoms in total. The first-order chi connectivity index (χ1) is 12.5. The van der Waals surface area contributed by atoms with E-state index in [0.717, 1.165) is 0 Å². The number of anilines is 1. The highest BCUT2D eigenvalue weighted by Gasteiger charge is 2.11. The van der Waals surface area contributed by atoms with Crippen LogP contribution in [0.25, 0.3) is 11.0 Å². The van der Waals surface area contributed by atoms with Crippen LogP contribution in [0, 0.1) is 26.2 Å². The molecule has 26 heavy (non-hydrogen) atoms. The summed E-state index contributed by atoms with van der Waals surface area (Å²) in [5, 5.41) is 23.4. The first-order valence-electron chi connectivity index (χ1n) is 7.51. The molecule has 0 spiro atoms. The molecule has 0 radical (unpaired) electrons. The fraction of sp³-hybridized carbons (Fsp3) is 0.125. The quantitative estimate of drug-likeness (QED) is 0.401. The number of H-pyrrole nitrogens is 1. The van der Waals surface area contributed by atoms with Crippen molar-refractivity contribution >= 4 is 34.6 Å². The highest BCUT2D eigenvalue weighted by Crippen LogP contribution is 2.21. The van der Waals surface area contributed by atoms with Crippen molar-refractivity contribution in [3.05, 3.63) is 67.3 Å². The summed E-state index contributed by atoms with van der Waals surface area (Å²) in [4.78, 5) is 29.7. The van der Waals surface area contributed by atoms with Crippen molar-refractivity contribution in [2.24, 2.45) is 0 Å². The Balaban J connectivity index is 1.82. The van der Waals surface area contributed by atoms with E-state index in [1.54, 1.807) is 18.3 Å². The van der Waals surface area contributed by atoms with E-state index in [1.165, 1.54) is 22.8 Å². The number of non-ortho nitro benzene ring substituents is 1. The highest BCUT2D eigenvalue weighted by molar-refractivity contribution is 7.71. The molecule has 2 aromatic heterocycles. The molecule has 0 unspecified atom stereocenters. The highest BCUT2D eigenvalue weighted by atomic mass is 32.1. The van der Waals surface area contributed by atoms with E-state index in [1.807, 2.05) is 6.07 Å². The van der Waals surface area contributed by atoms with E-state index in [4.69, 9.17) is 17.5 Å². The van der Waals surface area contributed by atoms with Gasteiger partial charge in [0.2, 0.25) is 0 Å². The van der Waals surface area contributed by atoms with Gasteiger partial charge in [0.25, 0.3) is 11.2 Å². The van der Waals surface area contributed by atoms with Gasteiger partial charge in [-0.15, -0.1) is 0 Å². The van der Waals surface area contributed by atoms with Crippen LogP contribution in [0.15, 0.2) is 41.3 Å². The van der Waals surface area contributed by atoms with Crippen molar-refractivity contribution in [3.8, 4) is 6.07 Å². The van der Waals surface area contributed by atoms with Gasteiger partial charge in [-0.05, 0) is 30.4 Å². The molecular weight excluding hydrogens is 356 g/mol. The molecule has 0 aliphatic rings. The molecule has 0 aliphatic carbocycles. The van der Waals surface area contributed by atoms with Crippen LogP contribution in [0.5, 0.6) is 0 Å². The van der Waals surface area contributed by atoms with E-state index in [0.29, 0.717) is 23.3 Å². The molecule has 10 heteroatoms. The van der Waals surface area contributed by atoms with Crippen LogP contribution in [-0.2, 0) is 6.54 Å². The molecule has 1 aromatic carbocycles.